The Balaban J connectivity index is 2.84. The lowest BCUT2D eigenvalue weighted by molar-refractivity contribution is -0.384. The van der Waals surface area contributed by atoms with Gasteiger partial charge in [-0.25, -0.2) is 0 Å². The number of rotatable bonds is 1. The fourth-order valence-corrected chi connectivity index (χ4v) is 2.16. The predicted octanol–water partition coefficient (Wildman–Crippen LogP) is 1.81. The number of aryl methyl sites for hydroxylation is 1. The van der Waals surface area contributed by atoms with Crippen molar-refractivity contribution in [2.24, 2.45) is 0 Å². The van der Waals surface area contributed by atoms with Crippen molar-refractivity contribution in [1.82, 2.24) is 4.98 Å². The van der Waals surface area contributed by atoms with Crippen LogP contribution >= 0.6 is 11.3 Å². The van der Waals surface area contributed by atoms with Crippen LogP contribution in [-0.4, -0.2) is 9.91 Å². The van der Waals surface area contributed by atoms with Gasteiger partial charge in [0.05, 0.1) is 15.1 Å². The number of aromatic amines is 1. The Morgan fingerprint density at radius 2 is 2.21 bits per heavy atom. The van der Waals surface area contributed by atoms with Crippen molar-refractivity contribution in [3.63, 3.8) is 0 Å². The second kappa shape index (κ2) is 2.91. The lowest BCUT2D eigenvalue weighted by atomic mass is 10.2. The molecule has 0 unspecified atom stereocenters. The number of benzene rings is 1. The zero-order chi connectivity index (χ0) is 10.3. The first-order chi connectivity index (χ1) is 6.58. The number of hydrogen-bond donors (Lipinski definition) is 1. The Labute approximate surface area is 82.2 Å². The van der Waals surface area contributed by atoms with E-state index >= 15 is 0 Å². The van der Waals surface area contributed by atoms with Gasteiger partial charge in [0, 0.05) is 12.1 Å². The third-order valence-electron chi connectivity index (χ3n) is 1.92. The van der Waals surface area contributed by atoms with E-state index in [9.17, 15) is 14.9 Å². The Morgan fingerprint density at radius 3 is 2.86 bits per heavy atom. The molecule has 6 heteroatoms. The van der Waals surface area contributed by atoms with Crippen molar-refractivity contribution in [2.45, 2.75) is 6.92 Å². The molecule has 0 atom stereocenters. The molecule has 2 rings (SSSR count). The summed E-state index contributed by atoms with van der Waals surface area (Å²) in [6.07, 6.45) is 0. The van der Waals surface area contributed by atoms with Crippen LogP contribution in [0.5, 0.6) is 0 Å². The first-order valence-electron chi connectivity index (χ1n) is 3.86. The van der Waals surface area contributed by atoms with Gasteiger partial charge < -0.3 is 4.98 Å². The molecule has 0 amide bonds. The van der Waals surface area contributed by atoms with Crippen molar-refractivity contribution in [3.8, 4) is 0 Å². The summed E-state index contributed by atoms with van der Waals surface area (Å²) in [5.74, 6) is 0. The molecule has 0 spiro atoms. The number of nitrogens with zero attached hydrogens (tertiary/aromatic N) is 1. The van der Waals surface area contributed by atoms with E-state index in [1.54, 1.807) is 6.92 Å². The average molecular weight is 210 g/mol. The van der Waals surface area contributed by atoms with Crippen molar-refractivity contribution in [2.75, 3.05) is 0 Å². The zero-order valence-electron chi connectivity index (χ0n) is 7.23. The van der Waals surface area contributed by atoms with Gasteiger partial charge in [-0.1, -0.05) is 11.3 Å². The normalized spacial score (nSPS) is 10.6. The number of aromatic nitrogens is 1. The molecule has 2 aromatic rings. The summed E-state index contributed by atoms with van der Waals surface area (Å²) in [6.45, 7) is 1.73. The van der Waals surface area contributed by atoms with Crippen LogP contribution in [-0.2, 0) is 0 Å². The molecule has 1 heterocycles. The maximum atomic E-state index is 11.0. The van der Waals surface area contributed by atoms with Crippen LogP contribution < -0.4 is 4.87 Å². The lowest BCUT2D eigenvalue weighted by Crippen LogP contribution is -1.91. The number of nitrogens with one attached hydrogen (secondary N) is 1. The summed E-state index contributed by atoms with van der Waals surface area (Å²) >= 11 is 0.982. The van der Waals surface area contributed by atoms with E-state index in [2.05, 4.69) is 4.98 Å². The van der Waals surface area contributed by atoms with Crippen LogP contribution in [0.3, 0.4) is 0 Å². The van der Waals surface area contributed by atoms with E-state index < -0.39 is 4.92 Å². The van der Waals surface area contributed by atoms with E-state index in [-0.39, 0.29) is 10.6 Å². The minimum atomic E-state index is -0.462. The van der Waals surface area contributed by atoms with Crippen molar-refractivity contribution >= 4 is 27.2 Å². The smallest absolute Gasteiger partial charge is 0.305 e. The van der Waals surface area contributed by atoms with Crippen molar-refractivity contribution < 1.29 is 4.92 Å². The van der Waals surface area contributed by atoms with Gasteiger partial charge in [-0.05, 0) is 12.5 Å². The second-order valence-corrected chi connectivity index (χ2v) is 3.92. The Morgan fingerprint density at radius 1 is 1.50 bits per heavy atom. The standard InChI is InChI=1S/C8H6N2O3S/c1-4-2-5(10(12)13)3-6-7(4)9-8(11)14-6/h2-3H,1H3,(H,9,11). The molecular weight excluding hydrogens is 204 g/mol. The maximum Gasteiger partial charge on any atom is 0.305 e. The number of thiazole rings is 1. The molecule has 0 aliphatic carbocycles. The molecule has 0 radical (unpaired) electrons. The van der Waals surface area contributed by atoms with E-state index in [1.165, 1.54) is 12.1 Å². The van der Waals surface area contributed by atoms with E-state index in [4.69, 9.17) is 0 Å². The SMILES string of the molecule is Cc1cc([N+](=O)[O-])cc2sc(=O)[nH]c12. The van der Waals surface area contributed by atoms with Crippen LogP contribution in [0.4, 0.5) is 5.69 Å². The molecule has 1 N–H and O–H groups in total. The highest BCUT2D eigenvalue weighted by atomic mass is 32.1. The van der Waals surface area contributed by atoms with Crippen molar-refractivity contribution in [3.05, 3.63) is 37.5 Å². The maximum absolute atomic E-state index is 11.0. The number of nitro groups is 1. The molecule has 1 aromatic carbocycles. The van der Waals surface area contributed by atoms with Gasteiger partial charge in [0.25, 0.3) is 5.69 Å². The molecular formula is C8H6N2O3S. The molecule has 0 fully saturated rings. The van der Waals surface area contributed by atoms with Crippen LogP contribution in [0, 0.1) is 17.0 Å². The highest BCUT2D eigenvalue weighted by Gasteiger charge is 2.11. The van der Waals surface area contributed by atoms with Gasteiger partial charge in [0.1, 0.15) is 0 Å². The molecule has 14 heavy (non-hydrogen) atoms. The summed E-state index contributed by atoms with van der Waals surface area (Å²) in [4.78, 5) is 23.5. The van der Waals surface area contributed by atoms with Gasteiger partial charge in [0.2, 0.25) is 0 Å². The summed E-state index contributed by atoms with van der Waals surface area (Å²) in [6, 6.07) is 2.86. The summed E-state index contributed by atoms with van der Waals surface area (Å²) in [7, 11) is 0. The number of hydrogen-bond acceptors (Lipinski definition) is 4. The number of non-ortho nitro benzene ring substituents is 1. The van der Waals surface area contributed by atoms with Gasteiger partial charge in [-0.3, -0.25) is 14.9 Å². The number of fused-ring (bicyclic) bond motifs is 1. The Hall–Kier alpha value is -1.69. The quantitative estimate of drug-likeness (QED) is 0.576. The van der Waals surface area contributed by atoms with Gasteiger partial charge in [-0.15, -0.1) is 0 Å². The molecule has 1 aromatic heterocycles. The number of H-pyrrole nitrogens is 1. The third kappa shape index (κ3) is 1.29. The largest absolute Gasteiger partial charge is 0.312 e. The van der Waals surface area contributed by atoms with Crippen molar-refractivity contribution in [1.29, 1.82) is 0 Å². The number of nitro benzene ring substituents is 1. The molecule has 72 valence electrons. The van der Waals surface area contributed by atoms with Crippen LogP contribution in [0.15, 0.2) is 16.9 Å². The molecule has 0 bridgehead atoms. The average Bonchev–Trinajstić information content (AvgIpc) is 2.45. The summed E-state index contributed by atoms with van der Waals surface area (Å²) < 4.78 is 0.627. The van der Waals surface area contributed by atoms with E-state index in [1.807, 2.05) is 0 Å². The highest BCUT2D eigenvalue weighted by molar-refractivity contribution is 7.16. The Bertz CT molecular complexity index is 569. The lowest BCUT2D eigenvalue weighted by Gasteiger charge is -1.95. The molecule has 0 saturated carbocycles. The summed E-state index contributed by atoms with van der Waals surface area (Å²) in [5, 5.41) is 10.5. The van der Waals surface area contributed by atoms with Crippen LogP contribution in [0.25, 0.3) is 10.2 Å². The molecule has 5 nitrogen and oxygen atoms in total. The van der Waals surface area contributed by atoms with Crippen LogP contribution in [0.2, 0.25) is 0 Å². The van der Waals surface area contributed by atoms with E-state index in [0.717, 1.165) is 11.3 Å². The highest BCUT2D eigenvalue weighted by Crippen LogP contribution is 2.24. The van der Waals surface area contributed by atoms with Crippen LogP contribution in [0.1, 0.15) is 5.56 Å². The monoisotopic (exact) mass is 210 g/mol. The Kier molecular flexibility index (Phi) is 1.85. The minimum Gasteiger partial charge on any atom is -0.312 e. The van der Waals surface area contributed by atoms with Gasteiger partial charge in [0.15, 0.2) is 0 Å². The van der Waals surface area contributed by atoms with Gasteiger partial charge >= 0.3 is 4.87 Å². The topological polar surface area (TPSA) is 76.0 Å². The molecule has 0 saturated heterocycles. The second-order valence-electron chi connectivity index (χ2n) is 2.91. The third-order valence-corrected chi connectivity index (χ3v) is 2.75. The fourth-order valence-electron chi connectivity index (χ4n) is 1.31. The fraction of sp³-hybridized carbons (Fsp3) is 0.125. The summed E-state index contributed by atoms with van der Waals surface area (Å²) in [5.41, 5.74) is 1.42. The van der Waals surface area contributed by atoms with E-state index in [0.29, 0.717) is 15.8 Å². The molecule has 0 aliphatic heterocycles. The van der Waals surface area contributed by atoms with Gasteiger partial charge in [-0.2, -0.15) is 0 Å². The first-order valence-corrected chi connectivity index (χ1v) is 4.67. The first kappa shape index (κ1) is 8.89. The minimum absolute atomic E-state index is 0.0188. The molecule has 0 aliphatic rings. The predicted molar refractivity (Wildman–Crippen MR) is 53.8 cm³/mol. The zero-order valence-corrected chi connectivity index (χ0v) is 8.05.